The third-order valence-corrected chi connectivity index (χ3v) is 4.83. The maximum Gasteiger partial charge on any atom is 0.258 e. The molecule has 1 saturated carbocycles. The lowest BCUT2D eigenvalue weighted by atomic mass is 10.0. The van der Waals surface area contributed by atoms with Gasteiger partial charge in [-0.25, -0.2) is 0 Å². The molecule has 5 heteroatoms. The highest BCUT2D eigenvalue weighted by atomic mass is 35.5. The summed E-state index contributed by atoms with van der Waals surface area (Å²) in [6.07, 6.45) is 2.05. The van der Waals surface area contributed by atoms with E-state index in [1.807, 2.05) is 36.1 Å². The summed E-state index contributed by atoms with van der Waals surface area (Å²) in [6.45, 7) is 2.05. The number of nitrogens with zero attached hydrogens (tertiary/aromatic N) is 1. The van der Waals surface area contributed by atoms with Crippen LogP contribution in [-0.4, -0.2) is 31.1 Å². The van der Waals surface area contributed by atoms with Crippen molar-refractivity contribution in [1.29, 1.82) is 0 Å². The predicted molar refractivity (Wildman–Crippen MR) is 98.6 cm³/mol. The molecule has 3 rings (SSSR count). The Hall–Kier alpha value is -2.20. The highest BCUT2D eigenvalue weighted by molar-refractivity contribution is 6.30. The van der Waals surface area contributed by atoms with E-state index in [0.717, 1.165) is 18.4 Å². The third-order valence-electron chi connectivity index (χ3n) is 4.58. The quantitative estimate of drug-likeness (QED) is 0.748. The van der Waals surface area contributed by atoms with E-state index < -0.39 is 0 Å². The minimum absolute atomic E-state index is 0.0410. The first-order valence-corrected chi connectivity index (χ1v) is 8.73. The first kappa shape index (κ1) is 17.6. The fourth-order valence-corrected chi connectivity index (χ4v) is 3.16. The molecule has 0 aromatic heterocycles. The van der Waals surface area contributed by atoms with Gasteiger partial charge in [-0.15, -0.1) is 0 Å². The van der Waals surface area contributed by atoms with E-state index in [1.165, 1.54) is 0 Å². The zero-order chi connectivity index (χ0) is 18.0. The van der Waals surface area contributed by atoms with Gasteiger partial charge in [0.05, 0.1) is 25.8 Å². The maximum atomic E-state index is 13.3. The summed E-state index contributed by atoms with van der Waals surface area (Å²) in [4.78, 5) is 15.3. The Labute approximate surface area is 153 Å². The van der Waals surface area contributed by atoms with Crippen LogP contribution in [0.15, 0.2) is 42.5 Å². The van der Waals surface area contributed by atoms with Crippen LogP contribution >= 0.6 is 11.6 Å². The van der Waals surface area contributed by atoms with Crippen LogP contribution in [0.2, 0.25) is 5.02 Å². The minimum atomic E-state index is -0.0480. The minimum Gasteiger partial charge on any atom is -0.497 e. The van der Waals surface area contributed by atoms with Crippen LogP contribution < -0.4 is 9.47 Å². The van der Waals surface area contributed by atoms with Crippen LogP contribution in [0.3, 0.4) is 0 Å². The van der Waals surface area contributed by atoms with Crippen molar-refractivity contribution in [1.82, 2.24) is 4.90 Å². The van der Waals surface area contributed by atoms with Gasteiger partial charge in [0.1, 0.15) is 11.5 Å². The monoisotopic (exact) mass is 359 g/mol. The molecule has 0 heterocycles. The largest absolute Gasteiger partial charge is 0.497 e. The molecule has 0 saturated heterocycles. The molecular formula is C20H22ClNO3. The van der Waals surface area contributed by atoms with Crippen LogP contribution in [-0.2, 0) is 0 Å². The molecule has 2 aromatic rings. The Kier molecular flexibility index (Phi) is 5.19. The number of hydrogen-bond acceptors (Lipinski definition) is 3. The van der Waals surface area contributed by atoms with E-state index in [1.54, 1.807) is 32.4 Å². The van der Waals surface area contributed by atoms with E-state index in [2.05, 4.69) is 0 Å². The highest BCUT2D eigenvalue weighted by Crippen LogP contribution is 2.37. The summed E-state index contributed by atoms with van der Waals surface area (Å²) in [6, 6.07) is 13.2. The predicted octanol–water partition coefficient (Wildman–Crippen LogP) is 4.72. The maximum absolute atomic E-state index is 13.3. The normalized spacial score (nSPS) is 14.7. The lowest BCUT2D eigenvalue weighted by Crippen LogP contribution is -2.35. The zero-order valence-corrected chi connectivity index (χ0v) is 15.4. The highest BCUT2D eigenvalue weighted by Gasteiger charge is 2.37. The topological polar surface area (TPSA) is 38.8 Å². The van der Waals surface area contributed by atoms with E-state index in [0.29, 0.717) is 22.1 Å². The lowest BCUT2D eigenvalue weighted by molar-refractivity contribution is 0.0670. The second-order valence-corrected chi connectivity index (χ2v) is 6.67. The number of carbonyl (C=O) groups excluding carboxylic acids is 1. The van der Waals surface area contributed by atoms with Crippen LogP contribution in [0.1, 0.15) is 41.7 Å². The van der Waals surface area contributed by atoms with Crippen molar-refractivity contribution in [2.24, 2.45) is 0 Å². The fourth-order valence-electron chi connectivity index (χ4n) is 3.03. The molecule has 1 aliphatic rings. The molecule has 2 aromatic carbocycles. The molecule has 1 atom stereocenters. The van der Waals surface area contributed by atoms with Crippen molar-refractivity contribution in [3.05, 3.63) is 58.6 Å². The number of ether oxygens (including phenoxy) is 2. The molecule has 0 bridgehead atoms. The van der Waals surface area contributed by atoms with Crippen LogP contribution in [0, 0.1) is 0 Å². The fraction of sp³-hybridized carbons (Fsp3) is 0.350. The molecule has 1 fully saturated rings. The second-order valence-electron chi connectivity index (χ2n) is 6.24. The number of methoxy groups -OCH3 is 2. The summed E-state index contributed by atoms with van der Waals surface area (Å²) in [5, 5.41) is 0.690. The summed E-state index contributed by atoms with van der Waals surface area (Å²) >= 11 is 5.99. The van der Waals surface area contributed by atoms with Crippen LogP contribution in [0.4, 0.5) is 0 Å². The SMILES string of the molecule is COc1ccc(OC)c(C(=O)N(C2CC2)C(C)c2ccc(Cl)cc2)c1. The Morgan fingerprint density at radius 3 is 2.36 bits per heavy atom. The van der Waals surface area contributed by atoms with Gasteiger partial charge in [-0.1, -0.05) is 23.7 Å². The number of carbonyl (C=O) groups is 1. The zero-order valence-electron chi connectivity index (χ0n) is 14.7. The lowest BCUT2D eigenvalue weighted by Gasteiger charge is -2.30. The standard InChI is InChI=1S/C20H22ClNO3/c1-13(14-4-6-15(21)7-5-14)22(16-8-9-16)20(23)18-12-17(24-2)10-11-19(18)25-3/h4-7,10-13,16H,8-9H2,1-3H3. The van der Waals surface area contributed by atoms with Gasteiger partial charge >= 0.3 is 0 Å². The molecule has 1 aliphatic carbocycles. The molecule has 0 spiro atoms. The van der Waals surface area contributed by atoms with Crippen molar-refractivity contribution < 1.29 is 14.3 Å². The van der Waals surface area contributed by atoms with Gasteiger partial charge in [-0.3, -0.25) is 4.79 Å². The Balaban J connectivity index is 1.95. The number of halogens is 1. The number of amides is 1. The van der Waals surface area contributed by atoms with Gasteiger partial charge < -0.3 is 14.4 Å². The van der Waals surface area contributed by atoms with E-state index in [9.17, 15) is 4.79 Å². The van der Waals surface area contributed by atoms with E-state index >= 15 is 0 Å². The van der Waals surface area contributed by atoms with E-state index in [4.69, 9.17) is 21.1 Å². The van der Waals surface area contributed by atoms with E-state index in [-0.39, 0.29) is 18.0 Å². The Morgan fingerprint density at radius 2 is 1.80 bits per heavy atom. The van der Waals surface area contributed by atoms with Crippen molar-refractivity contribution in [2.75, 3.05) is 14.2 Å². The second kappa shape index (κ2) is 7.36. The van der Waals surface area contributed by atoms with Crippen molar-refractivity contribution >= 4 is 17.5 Å². The molecule has 25 heavy (non-hydrogen) atoms. The summed E-state index contributed by atoms with van der Waals surface area (Å²) in [5.74, 6) is 1.15. The van der Waals surface area contributed by atoms with Gasteiger partial charge in [-0.05, 0) is 55.7 Å². The molecule has 0 radical (unpaired) electrons. The Morgan fingerprint density at radius 1 is 1.12 bits per heavy atom. The first-order chi connectivity index (χ1) is 12.0. The summed E-state index contributed by atoms with van der Waals surface area (Å²) in [5.41, 5.74) is 1.58. The molecule has 1 unspecified atom stereocenters. The van der Waals surface area contributed by atoms with Gasteiger partial charge in [0.15, 0.2) is 0 Å². The Bertz CT molecular complexity index is 756. The average molecular weight is 360 g/mol. The molecule has 1 amide bonds. The molecule has 4 nitrogen and oxygen atoms in total. The van der Waals surface area contributed by atoms with Crippen LogP contribution in [0.25, 0.3) is 0 Å². The van der Waals surface area contributed by atoms with Gasteiger partial charge in [-0.2, -0.15) is 0 Å². The van der Waals surface area contributed by atoms with Crippen molar-refractivity contribution in [3.63, 3.8) is 0 Å². The number of benzene rings is 2. The number of hydrogen-bond donors (Lipinski definition) is 0. The third kappa shape index (κ3) is 3.74. The van der Waals surface area contributed by atoms with Gasteiger partial charge in [0, 0.05) is 11.1 Å². The molecule has 0 aliphatic heterocycles. The molecule has 132 valence electrons. The molecule has 0 N–H and O–H groups in total. The summed E-state index contributed by atoms with van der Waals surface area (Å²) in [7, 11) is 3.16. The van der Waals surface area contributed by atoms with Crippen molar-refractivity contribution in [2.45, 2.75) is 31.8 Å². The average Bonchev–Trinajstić information content (AvgIpc) is 3.46. The first-order valence-electron chi connectivity index (χ1n) is 8.35. The van der Waals surface area contributed by atoms with Gasteiger partial charge in [0.25, 0.3) is 5.91 Å². The van der Waals surface area contributed by atoms with Gasteiger partial charge in [0.2, 0.25) is 0 Å². The molecular weight excluding hydrogens is 338 g/mol. The van der Waals surface area contributed by atoms with Crippen LogP contribution in [0.5, 0.6) is 11.5 Å². The smallest absolute Gasteiger partial charge is 0.258 e. The summed E-state index contributed by atoms with van der Waals surface area (Å²) < 4.78 is 10.7. The number of rotatable bonds is 6. The van der Waals surface area contributed by atoms with Crippen molar-refractivity contribution in [3.8, 4) is 11.5 Å².